The Bertz CT molecular complexity index is 938. The predicted octanol–water partition coefficient (Wildman–Crippen LogP) is 11.9. The molecule has 3 unspecified atom stereocenters. The highest BCUT2D eigenvalue weighted by Crippen LogP contribution is 2.38. The number of allylic oxidation sites excluding steroid dienone is 3. The highest BCUT2D eigenvalue weighted by molar-refractivity contribution is 7.45. The maximum Gasteiger partial charge on any atom is 0.268 e. The minimum atomic E-state index is -4.59. The van der Waals surface area contributed by atoms with E-state index in [-0.39, 0.29) is 19.1 Å². The number of aliphatic hydroxyl groups excluding tert-OH is 1. The molecule has 0 saturated heterocycles. The average molecular weight is 785 g/mol. The van der Waals surface area contributed by atoms with Crippen LogP contribution in [0.5, 0.6) is 0 Å². The number of amides is 1. The van der Waals surface area contributed by atoms with Gasteiger partial charge in [-0.15, -0.1) is 0 Å². The van der Waals surface area contributed by atoms with E-state index in [9.17, 15) is 19.4 Å². The maximum atomic E-state index is 12.8. The van der Waals surface area contributed by atoms with E-state index in [2.05, 4.69) is 31.3 Å². The summed E-state index contributed by atoms with van der Waals surface area (Å²) >= 11 is 0. The number of phosphoric acid groups is 1. The molecule has 0 aromatic rings. The first-order valence-corrected chi connectivity index (χ1v) is 24.2. The number of nitrogens with one attached hydrogen (secondary N) is 1. The van der Waals surface area contributed by atoms with Crippen LogP contribution in [0.15, 0.2) is 24.3 Å². The van der Waals surface area contributed by atoms with Gasteiger partial charge >= 0.3 is 0 Å². The predicted molar refractivity (Wildman–Crippen MR) is 228 cm³/mol. The molecule has 0 aromatic heterocycles. The van der Waals surface area contributed by atoms with Crippen molar-refractivity contribution >= 4 is 13.7 Å². The van der Waals surface area contributed by atoms with Gasteiger partial charge in [0.25, 0.3) is 7.82 Å². The molecule has 0 aliphatic carbocycles. The van der Waals surface area contributed by atoms with E-state index in [1.165, 1.54) is 148 Å². The summed E-state index contributed by atoms with van der Waals surface area (Å²) in [5, 5.41) is 13.7. The molecular weight excluding hydrogens is 695 g/mol. The quantitative estimate of drug-likeness (QED) is 0.0277. The Morgan fingerprint density at radius 1 is 0.630 bits per heavy atom. The van der Waals surface area contributed by atoms with Crippen LogP contribution < -0.4 is 10.2 Å². The SMILES string of the molecule is CCCCCCCCC/C=C/CC/C=C/C(O)C(COP(=O)([O-])OCC[N+](C)(C)C)NC(=O)CCCCCCCCCCCCCCCCCCCCC. The molecule has 54 heavy (non-hydrogen) atoms. The average Bonchev–Trinajstić information content (AvgIpc) is 3.12. The van der Waals surface area contributed by atoms with Crippen molar-refractivity contribution < 1.29 is 32.9 Å². The monoisotopic (exact) mass is 785 g/mol. The van der Waals surface area contributed by atoms with Gasteiger partial charge in [0.15, 0.2) is 0 Å². The molecule has 320 valence electrons. The summed E-state index contributed by atoms with van der Waals surface area (Å²) in [5.41, 5.74) is 0. The van der Waals surface area contributed by atoms with Gasteiger partial charge in [0.2, 0.25) is 5.91 Å². The van der Waals surface area contributed by atoms with Gasteiger partial charge in [-0.1, -0.05) is 192 Å². The number of likely N-dealkylation sites (N-methyl/N-ethyl adjacent to an activating group) is 1. The van der Waals surface area contributed by atoms with Gasteiger partial charge in [0.1, 0.15) is 13.2 Å². The number of aliphatic hydroxyl groups is 1. The number of phosphoric ester groups is 1. The lowest BCUT2D eigenvalue weighted by molar-refractivity contribution is -0.870. The van der Waals surface area contributed by atoms with Gasteiger partial charge in [-0.2, -0.15) is 0 Å². The summed E-state index contributed by atoms with van der Waals surface area (Å²) in [7, 11) is 1.25. The number of carbonyl (C=O) groups excluding carboxylic acids is 1. The molecule has 0 rings (SSSR count). The van der Waals surface area contributed by atoms with Crippen molar-refractivity contribution in [3.8, 4) is 0 Å². The van der Waals surface area contributed by atoms with Gasteiger partial charge in [0.05, 0.1) is 39.9 Å². The van der Waals surface area contributed by atoms with Crippen molar-refractivity contribution in [2.45, 2.75) is 219 Å². The first kappa shape index (κ1) is 53.0. The van der Waals surface area contributed by atoms with Crippen LogP contribution in [0.4, 0.5) is 0 Å². The van der Waals surface area contributed by atoms with E-state index in [1.807, 2.05) is 27.2 Å². The molecule has 0 aromatic carbocycles. The van der Waals surface area contributed by atoms with E-state index in [1.54, 1.807) is 6.08 Å². The molecule has 0 saturated carbocycles. The lowest BCUT2D eigenvalue weighted by Gasteiger charge is -2.29. The lowest BCUT2D eigenvalue weighted by Crippen LogP contribution is -2.45. The van der Waals surface area contributed by atoms with Gasteiger partial charge in [0, 0.05) is 6.42 Å². The van der Waals surface area contributed by atoms with Gasteiger partial charge < -0.3 is 28.8 Å². The Morgan fingerprint density at radius 2 is 1.04 bits per heavy atom. The highest BCUT2D eigenvalue weighted by Gasteiger charge is 2.23. The fourth-order valence-corrected chi connectivity index (χ4v) is 7.24. The fourth-order valence-electron chi connectivity index (χ4n) is 6.52. The lowest BCUT2D eigenvalue weighted by atomic mass is 10.0. The zero-order valence-electron chi connectivity index (χ0n) is 36.2. The van der Waals surface area contributed by atoms with Crippen molar-refractivity contribution in [2.75, 3.05) is 40.9 Å². The van der Waals surface area contributed by atoms with Crippen LogP contribution in [0.25, 0.3) is 0 Å². The van der Waals surface area contributed by atoms with Crippen LogP contribution in [0.2, 0.25) is 0 Å². The minimum absolute atomic E-state index is 0.00433. The third-order valence-corrected chi connectivity index (χ3v) is 11.1. The molecule has 1 amide bonds. The number of quaternary nitrogens is 1. The second kappa shape index (κ2) is 37.6. The van der Waals surface area contributed by atoms with Crippen LogP contribution in [0.3, 0.4) is 0 Å². The maximum absolute atomic E-state index is 12.8. The Morgan fingerprint density at radius 3 is 1.50 bits per heavy atom. The number of carbonyl (C=O) groups is 1. The van der Waals surface area contributed by atoms with E-state index in [0.717, 1.165) is 38.5 Å². The number of hydrogen-bond acceptors (Lipinski definition) is 6. The third kappa shape index (κ3) is 39.2. The number of hydrogen-bond donors (Lipinski definition) is 2. The van der Waals surface area contributed by atoms with Crippen molar-refractivity contribution in [1.29, 1.82) is 0 Å². The topological polar surface area (TPSA) is 108 Å². The first-order chi connectivity index (χ1) is 26.0. The summed E-state index contributed by atoms with van der Waals surface area (Å²) in [6, 6.07) is -0.897. The Balaban J connectivity index is 4.37. The molecule has 0 aliphatic heterocycles. The molecule has 0 aliphatic rings. The van der Waals surface area contributed by atoms with Crippen LogP contribution >= 0.6 is 7.82 Å². The number of unbranched alkanes of at least 4 members (excludes halogenated alkanes) is 26. The summed E-state index contributed by atoms with van der Waals surface area (Å²) in [4.78, 5) is 25.3. The standard InChI is InChI=1S/C45H89N2O6P/c1-6-8-10-12-14-16-18-20-21-22-23-24-25-27-29-31-33-35-37-39-45(49)46-43(42-53-54(50,51)52-41-40-47(3,4)5)44(48)38-36-34-32-30-28-26-19-17-15-13-11-9-7-2/h28,30,36,38,43-44,48H,6-27,29,31-35,37,39-42H2,1-5H3,(H-,46,49,50,51)/b30-28+,38-36+. The van der Waals surface area contributed by atoms with Crippen molar-refractivity contribution in [2.24, 2.45) is 0 Å². The molecule has 0 bridgehead atoms. The molecule has 2 N–H and O–H groups in total. The molecule has 3 atom stereocenters. The minimum Gasteiger partial charge on any atom is -0.756 e. The van der Waals surface area contributed by atoms with E-state index < -0.39 is 20.0 Å². The molecule has 0 radical (unpaired) electrons. The largest absolute Gasteiger partial charge is 0.756 e. The second-order valence-corrected chi connectivity index (χ2v) is 18.2. The van der Waals surface area contributed by atoms with Crippen LogP contribution in [0, 0.1) is 0 Å². The van der Waals surface area contributed by atoms with E-state index in [4.69, 9.17) is 9.05 Å². The highest BCUT2D eigenvalue weighted by atomic mass is 31.2. The van der Waals surface area contributed by atoms with Gasteiger partial charge in [-0.05, 0) is 32.1 Å². The molecule has 9 heteroatoms. The normalized spacial score (nSPS) is 14.6. The van der Waals surface area contributed by atoms with Crippen molar-refractivity contribution in [1.82, 2.24) is 5.32 Å². The summed E-state index contributed by atoms with van der Waals surface area (Å²) < 4.78 is 23.2. The Labute approximate surface area is 334 Å². The third-order valence-electron chi connectivity index (χ3n) is 10.2. The number of rotatable bonds is 41. The van der Waals surface area contributed by atoms with Crippen LogP contribution in [0.1, 0.15) is 206 Å². The summed E-state index contributed by atoms with van der Waals surface area (Å²) in [5.74, 6) is -0.206. The molecule has 8 nitrogen and oxygen atoms in total. The molecule has 0 fully saturated rings. The van der Waals surface area contributed by atoms with Crippen LogP contribution in [-0.4, -0.2) is 68.5 Å². The van der Waals surface area contributed by atoms with Crippen molar-refractivity contribution in [3.63, 3.8) is 0 Å². The van der Waals surface area contributed by atoms with Crippen molar-refractivity contribution in [3.05, 3.63) is 24.3 Å². The van der Waals surface area contributed by atoms with E-state index in [0.29, 0.717) is 17.4 Å². The van der Waals surface area contributed by atoms with Gasteiger partial charge in [-0.3, -0.25) is 9.36 Å². The Kier molecular flexibility index (Phi) is 36.8. The summed E-state index contributed by atoms with van der Waals surface area (Å²) in [6.07, 6.45) is 43.7. The zero-order chi connectivity index (χ0) is 40.0. The molecule has 0 heterocycles. The Hall–Kier alpha value is -1.02. The fraction of sp³-hybridized carbons (Fsp3) is 0.889. The van der Waals surface area contributed by atoms with Gasteiger partial charge in [-0.25, -0.2) is 0 Å². The smallest absolute Gasteiger partial charge is 0.268 e. The zero-order valence-corrected chi connectivity index (χ0v) is 37.1. The molecule has 0 spiro atoms. The van der Waals surface area contributed by atoms with Crippen LogP contribution in [-0.2, 0) is 18.4 Å². The second-order valence-electron chi connectivity index (χ2n) is 16.8. The van der Waals surface area contributed by atoms with E-state index >= 15 is 0 Å². The first-order valence-electron chi connectivity index (χ1n) is 22.7. The summed E-state index contributed by atoms with van der Waals surface area (Å²) in [6.45, 7) is 4.62. The molecular formula is C45H89N2O6P. The number of nitrogens with zero attached hydrogens (tertiary/aromatic N) is 1.